The Morgan fingerprint density at radius 3 is 2.20 bits per heavy atom. The van der Waals surface area contributed by atoms with Crippen molar-refractivity contribution in [2.45, 2.75) is 58.9 Å². The summed E-state index contributed by atoms with van der Waals surface area (Å²) < 4.78 is 0. The van der Waals surface area contributed by atoms with Crippen LogP contribution in [0.4, 0.5) is 0 Å². The van der Waals surface area contributed by atoms with Gasteiger partial charge in [-0.3, -0.25) is 4.79 Å². The van der Waals surface area contributed by atoms with Crippen molar-refractivity contribution < 1.29 is 4.79 Å². The van der Waals surface area contributed by atoms with Crippen molar-refractivity contribution in [1.82, 2.24) is 0 Å². The fourth-order valence-corrected chi connectivity index (χ4v) is 2.49. The van der Waals surface area contributed by atoms with Gasteiger partial charge in [-0.15, -0.1) is 0 Å². The van der Waals surface area contributed by atoms with Crippen molar-refractivity contribution in [1.29, 1.82) is 0 Å². The van der Waals surface area contributed by atoms with Crippen LogP contribution in [0.2, 0.25) is 0 Å². The quantitative estimate of drug-likeness (QED) is 0.777. The first kappa shape index (κ1) is 12.7. The van der Waals surface area contributed by atoms with E-state index in [4.69, 9.17) is 5.73 Å². The molecule has 0 aliphatic heterocycles. The zero-order chi connectivity index (χ0) is 11.4. The molecule has 1 rings (SSSR count). The first-order valence-electron chi connectivity index (χ1n) is 6.35. The highest BCUT2D eigenvalue weighted by molar-refractivity contribution is 5.83. The normalized spacial score (nSPS) is 30.9. The van der Waals surface area contributed by atoms with Crippen molar-refractivity contribution in [3.8, 4) is 0 Å². The molecule has 0 bridgehead atoms. The number of carbonyl (C=O) groups is 1. The summed E-state index contributed by atoms with van der Waals surface area (Å²) in [6.07, 6.45) is 5.92. The molecular weight excluding hydrogens is 186 g/mol. The van der Waals surface area contributed by atoms with Gasteiger partial charge in [0, 0.05) is 17.9 Å². The lowest BCUT2D eigenvalue weighted by molar-refractivity contribution is -0.128. The second-order valence-electron chi connectivity index (χ2n) is 5.18. The maximum absolute atomic E-state index is 12.1. The van der Waals surface area contributed by atoms with Crippen LogP contribution < -0.4 is 5.73 Å². The molecule has 0 radical (unpaired) electrons. The Bertz CT molecular complexity index is 205. The summed E-state index contributed by atoms with van der Waals surface area (Å²) >= 11 is 0. The van der Waals surface area contributed by atoms with Crippen molar-refractivity contribution in [3.63, 3.8) is 0 Å². The molecule has 1 aliphatic carbocycles. The molecule has 1 saturated carbocycles. The van der Waals surface area contributed by atoms with Crippen LogP contribution >= 0.6 is 0 Å². The molecule has 2 N–H and O–H groups in total. The molecule has 0 aromatic carbocycles. The number of Topliss-reactive ketones (excluding diaryl/α,β-unsaturated/α-hetero) is 1. The molecule has 1 aliphatic rings. The van der Waals surface area contributed by atoms with E-state index in [9.17, 15) is 4.79 Å². The van der Waals surface area contributed by atoms with Gasteiger partial charge in [-0.25, -0.2) is 0 Å². The average molecular weight is 211 g/mol. The SMILES string of the molecule is CCC1CCC(C(=O)C(C)C(C)N)CC1. The summed E-state index contributed by atoms with van der Waals surface area (Å²) in [6.45, 7) is 6.15. The van der Waals surface area contributed by atoms with Gasteiger partial charge in [0.25, 0.3) is 0 Å². The Morgan fingerprint density at radius 2 is 1.80 bits per heavy atom. The molecular formula is C13H25NO. The summed E-state index contributed by atoms with van der Waals surface area (Å²) in [7, 11) is 0. The van der Waals surface area contributed by atoms with E-state index in [0.717, 1.165) is 18.8 Å². The molecule has 2 unspecified atom stereocenters. The van der Waals surface area contributed by atoms with E-state index in [1.54, 1.807) is 0 Å². The smallest absolute Gasteiger partial charge is 0.140 e. The van der Waals surface area contributed by atoms with Crippen LogP contribution in [0.1, 0.15) is 52.9 Å². The molecule has 15 heavy (non-hydrogen) atoms. The van der Waals surface area contributed by atoms with Gasteiger partial charge in [0.2, 0.25) is 0 Å². The van der Waals surface area contributed by atoms with Crippen LogP contribution in [0.15, 0.2) is 0 Å². The average Bonchev–Trinajstić information content (AvgIpc) is 2.27. The summed E-state index contributed by atoms with van der Waals surface area (Å²) in [6, 6.07) is 0.00130. The summed E-state index contributed by atoms with van der Waals surface area (Å²) in [5.74, 6) is 1.60. The van der Waals surface area contributed by atoms with Crippen molar-refractivity contribution in [2.24, 2.45) is 23.5 Å². The molecule has 0 amide bonds. The van der Waals surface area contributed by atoms with Gasteiger partial charge < -0.3 is 5.73 Å². The third-order valence-electron chi connectivity index (χ3n) is 4.06. The van der Waals surface area contributed by atoms with Crippen LogP contribution in [-0.4, -0.2) is 11.8 Å². The van der Waals surface area contributed by atoms with Crippen LogP contribution in [-0.2, 0) is 4.79 Å². The van der Waals surface area contributed by atoms with Gasteiger partial charge in [0.05, 0.1) is 0 Å². The minimum Gasteiger partial charge on any atom is -0.327 e. The predicted octanol–water partition coefficient (Wildman–Crippen LogP) is 2.76. The maximum atomic E-state index is 12.1. The fraction of sp³-hybridized carbons (Fsp3) is 0.923. The molecule has 2 nitrogen and oxygen atoms in total. The molecule has 0 aromatic heterocycles. The van der Waals surface area contributed by atoms with Gasteiger partial charge in [-0.2, -0.15) is 0 Å². The van der Waals surface area contributed by atoms with Crippen LogP contribution in [0.25, 0.3) is 0 Å². The lowest BCUT2D eigenvalue weighted by Gasteiger charge is -2.29. The van der Waals surface area contributed by atoms with E-state index in [0.29, 0.717) is 11.7 Å². The Hall–Kier alpha value is -0.370. The van der Waals surface area contributed by atoms with E-state index >= 15 is 0 Å². The second kappa shape index (κ2) is 5.64. The molecule has 2 heteroatoms. The van der Waals surface area contributed by atoms with Crippen LogP contribution in [0, 0.1) is 17.8 Å². The molecule has 1 fully saturated rings. The predicted molar refractivity (Wildman–Crippen MR) is 63.6 cm³/mol. The van der Waals surface area contributed by atoms with E-state index in [-0.39, 0.29) is 12.0 Å². The number of rotatable bonds is 4. The van der Waals surface area contributed by atoms with Gasteiger partial charge in [0.1, 0.15) is 5.78 Å². The van der Waals surface area contributed by atoms with Gasteiger partial charge in [0.15, 0.2) is 0 Å². The fourth-order valence-electron chi connectivity index (χ4n) is 2.49. The van der Waals surface area contributed by atoms with Gasteiger partial charge >= 0.3 is 0 Å². The maximum Gasteiger partial charge on any atom is 0.140 e. The highest BCUT2D eigenvalue weighted by atomic mass is 16.1. The zero-order valence-electron chi connectivity index (χ0n) is 10.3. The number of hydrogen-bond donors (Lipinski definition) is 1. The third kappa shape index (κ3) is 3.30. The van der Waals surface area contributed by atoms with Crippen LogP contribution in [0.3, 0.4) is 0 Å². The minimum absolute atomic E-state index is 0.00130. The van der Waals surface area contributed by atoms with E-state index in [2.05, 4.69) is 6.92 Å². The number of ketones is 1. The summed E-state index contributed by atoms with van der Waals surface area (Å²) in [5, 5.41) is 0. The highest BCUT2D eigenvalue weighted by Crippen LogP contribution is 2.32. The summed E-state index contributed by atoms with van der Waals surface area (Å²) in [4.78, 5) is 12.1. The number of hydrogen-bond acceptors (Lipinski definition) is 2. The Labute approximate surface area is 93.6 Å². The topological polar surface area (TPSA) is 43.1 Å². The lowest BCUT2D eigenvalue weighted by Crippen LogP contribution is -2.35. The van der Waals surface area contributed by atoms with E-state index in [1.165, 1.54) is 19.3 Å². The number of carbonyl (C=O) groups excluding carboxylic acids is 1. The molecule has 0 aromatic rings. The zero-order valence-corrected chi connectivity index (χ0v) is 10.3. The number of nitrogens with two attached hydrogens (primary N) is 1. The van der Waals surface area contributed by atoms with Gasteiger partial charge in [-0.05, 0) is 38.5 Å². The highest BCUT2D eigenvalue weighted by Gasteiger charge is 2.29. The lowest BCUT2D eigenvalue weighted by atomic mass is 9.76. The van der Waals surface area contributed by atoms with Crippen molar-refractivity contribution in [2.75, 3.05) is 0 Å². The first-order chi connectivity index (χ1) is 7.06. The van der Waals surface area contributed by atoms with Crippen LogP contribution in [0.5, 0.6) is 0 Å². The van der Waals surface area contributed by atoms with Gasteiger partial charge in [-0.1, -0.05) is 20.3 Å². The Balaban J connectivity index is 2.42. The molecule has 0 saturated heterocycles. The standard InChI is InChI=1S/C13H25NO/c1-4-11-5-7-12(8-6-11)13(15)9(2)10(3)14/h9-12H,4-8,14H2,1-3H3. The Kier molecular flexibility index (Phi) is 4.78. The minimum atomic E-state index is 0.00130. The molecule has 0 spiro atoms. The monoisotopic (exact) mass is 211 g/mol. The van der Waals surface area contributed by atoms with E-state index < -0.39 is 0 Å². The van der Waals surface area contributed by atoms with Crippen molar-refractivity contribution >= 4 is 5.78 Å². The van der Waals surface area contributed by atoms with E-state index in [1.807, 2.05) is 13.8 Å². The molecule has 88 valence electrons. The summed E-state index contributed by atoms with van der Waals surface area (Å²) in [5.41, 5.74) is 5.78. The largest absolute Gasteiger partial charge is 0.327 e. The molecule has 0 heterocycles. The third-order valence-corrected chi connectivity index (χ3v) is 4.06. The second-order valence-corrected chi connectivity index (χ2v) is 5.18. The van der Waals surface area contributed by atoms with Crippen molar-refractivity contribution in [3.05, 3.63) is 0 Å². The Morgan fingerprint density at radius 1 is 1.27 bits per heavy atom. The molecule has 2 atom stereocenters. The first-order valence-corrected chi connectivity index (χ1v) is 6.35.